The molecule has 0 radical (unpaired) electrons. The number of carbonyl (C=O) groups is 1. The first-order valence-electron chi connectivity index (χ1n) is 10.9. The Bertz CT molecular complexity index is 949. The lowest BCUT2D eigenvalue weighted by atomic mass is 10.1. The molecule has 1 atom stereocenters. The van der Waals surface area contributed by atoms with Crippen molar-refractivity contribution in [3.05, 3.63) is 39.8 Å². The number of rotatable bonds is 11. The molecule has 0 saturated heterocycles. The maximum Gasteiger partial charge on any atom is 0.350 e. The van der Waals surface area contributed by atoms with Gasteiger partial charge in [-0.3, -0.25) is 9.36 Å². The summed E-state index contributed by atoms with van der Waals surface area (Å²) >= 11 is 0. The second-order valence-corrected chi connectivity index (χ2v) is 7.70. The van der Waals surface area contributed by atoms with Crippen molar-refractivity contribution in [2.45, 2.75) is 72.1 Å². The summed E-state index contributed by atoms with van der Waals surface area (Å²) in [5.74, 6) is -0.429. The molecule has 1 aromatic heterocycles. The average molecular weight is 436 g/mol. The smallest absolute Gasteiger partial charge is 0.350 e. The monoisotopic (exact) mass is 435 g/mol. The van der Waals surface area contributed by atoms with Crippen LogP contribution in [0.1, 0.15) is 69.6 Å². The number of carbonyl (C=O) groups excluding carboxylic acids is 1. The number of nitrogens with zero attached hydrogens (tertiary/aromatic N) is 3. The van der Waals surface area contributed by atoms with E-state index < -0.39 is 17.4 Å². The molecule has 1 aromatic carbocycles. The van der Waals surface area contributed by atoms with Crippen molar-refractivity contribution in [3.63, 3.8) is 0 Å². The molecule has 31 heavy (non-hydrogen) atoms. The summed E-state index contributed by atoms with van der Waals surface area (Å²) in [6, 6.07) is 2.50. The van der Waals surface area contributed by atoms with Crippen LogP contribution < -0.4 is 21.1 Å². The number of nitrogens with one attached hydrogen (secondary N) is 2. The summed E-state index contributed by atoms with van der Waals surface area (Å²) in [5, 5.41) is 10.1. The van der Waals surface area contributed by atoms with E-state index >= 15 is 4.39 Å². The van der Waals surface area contributed by atoms with Gasteiger partial charge in [-0.25, -0.2) is 9.18 Å². The Morgan fingerprint density at radius 1 is 1.26 bits per heavy atom. The van der Waals surface area contributed by atoms with Crippen molar-refractivity contribution in [1.29, 1.82) is 0 Å². The fourth-order valence-electron chi connectivity index (χ4n) is 3.36. The molecule has 0 saturated carbocycles. The first-order valence-corrected chi connectivity index (χ1v) is 10.9. The molecule has 1 unspecified atom stereocenters. The maximum atomic E-state index is 15.1. The number of benzene rings is 1. The second kappa shape index (κ2) is 11.1. The van der Waals surface area contributed by atoms with E-state index in [1.54, 1.807) is 14.1 Å². The van der Waals surface area contributed by atoms with Crippen molar-refractivity contribution >= 4 is 5.91 Å². The molecule has 9 heteroatoms. The van der Waals surface area contributed by atoms with Gasteiger partial charge >= 0.3 is 5.69 Å². The lowest BCUT2D eigenvalue weighted by Crippen LogP contribution is -2.34. The maximum absolute atomic E-state index is 15.1. The molecular weight excluding hydrogens is 401 g/mol. The zero-order valence-corrected chi connectivity index (χ0v) is 19.3. The summed E-state index contributed by atoms with van der Waals surface area (Å²) in [4.78, 5) is 25.5. The molecule has 0 aliphatic rings. The fourth-order valence-corrected chi connectivity index (χ4v) is 3.36. The molecule has 1 heterocycles. The van der Waals surface area contributed by atoms with Gasteiger partial charge in [0.1, 0.15) is 23.1 Å². The minimum absolute atomic E-state index is 0.0151. The quantitative estimate of drug-likeness (QED) is 0.566. The van der Waals surface area contributed by atoms with Crippen LogP contribution in [0.5, 0.6) is 5.75 Å². The predicted octanol–water partition coefficient (Wildman–Crippen LogP) is 2.92. The Kier molecular flexibility index (Phi) is 8.79. The average Bonchev–Trinajstić information content (AvgIpc) is 3.01. The van der Waals surface area contributed by atoms with Crippen molar-refractivity contribution in [1.82, 2.24) is 25.0 Å². The van der Waals surface area contributed by atoms with E-state index in [1.807, 2.05) is 27.7 Å². The van der Waals surface area contributed by atoms with E-state index in [0.29, 0.717) is 12.4 Å². The van der Waals surface area contributed by atoms with Gasteiger partial charge in [0.05, 0.1) is 18.2 Å². The van der Waals surface area contributed by atoms with Crippen LogP contribution in [-0.4, -0.2) is 39.4 Å². The number of ether oxygens (including phenoxy) is 1. The molecule has 2 aromatic rings. The largest absolute Gasteiger partial charge is 0.490 e. The van der Waals surface area contributed by atoms with Crippen LogP contribution in [0.4, 0.5) is 4.39 Å². The summed E-state index contributed by atoms with van der Waals surface area (Å²) in [7, 11) is 3.31. The standard InChI is InChI=1S/C22H34FN5O3/c1-7-10-14(4)31-19-12-18(28-22(30)27(6)20(26-28)13-24-5)17(23)11-16(19)21(29)25-15(8-2)9-3/h11-12,14-15,24H,7-10,13H2,1-6H3,(H,25,29). The fraction of sp³-hybridized carbons (Fsp3) is 0.591. The molecule has 0 fully saturated rings. The lowest BCUT2D eigenvalue weighted by molar-refractivity contribution is 0.0927. The van der Waals surface area contributed by atoms with Crippen LogP contribution in [0.15, 0.2) is 16.9 Å². The molecular formula is C22H34FN5O3. The van der Waals surface area contributed by atoms with Crippen LogP contribution >= 0.6 is 0 Å². The molecule has 2 N–H and O–H groups in total. The van der Waals surface area contributed by atoms with Gasteiger partial charge in [-0.15, -0.1) is 5.10 Å². The van der Waals surface area contributed by atoms with Crippen molar-refractivity contribution in [2.24, 2.45) is 7.05 Å². The van der Waals surface area contributed by atoms with E-state index in [2.05, 4.69) is 15.7 Å². The van der Waals surface area contributed by atoms with E-state index in [-0.39, 0.29) is 29.1 Å². The first-order chi connectivity index (χ1) is 14.8. The second-order valence-electron chi connectivity index (χ2n) is 7.70. The number of amides is 1. The lowest BCUT2D eigenvalue weighted by Gasteiger charge is -2.20. The number of halogens is 1. The van der Waals surface area contributed by atoms with E-state index in [4.69, 9.17) is 4.74 Å². The Hall–Kier alpha value is -2.68. The van der Waals surface area contributed by atoms with Crippen LogP contribution in [0, 0.1) is 5.82 Å². The Labute approximate surface area is 182 Å². The SMILES string of the molecule is CCCC(C)Oc1cc(-n2nc(CNC)n(C)c2=O)c(F)cc1C(=O)NC(CC)CC. The van der Waals surface area contributed by atoms with Gasteiger partial charge in [-0.1, -0.05) is 27.2 Å². The molecule has 172 valence electrons. The Balaban J connectivity index is 2.56. The van der Waals surface area contributed by atoms with E-state index in [0.717, 1.165) is 36.4 Å². The third kappa shape index (κ3) is 5.72. The summed E-state index contributed by atoms with van der Waals surface area (Å²) in [5.41, 5.74) is -0.429. The normalized spacial score (nSPS) is 12.3. The summed E-state index contributed by atoms with van der Waals surface area (Å²) in [6.45, 7) is 8.25. The Morgan fingerprint density at radius 3 is 2.52 bits per heavy atom. The van der Waals surface area contributed by atoms with Gasteiger partial charge in [0.25, 0.3) is 5.91 Å². The van der Waals surface area contributed by atoms with Crippen LogP contribution in [0.2, 0.25) is 0 Å². The minimum atomic E-state index is -0.721. The highest BCUT2D eigenvalue weighted by molar-refractivity contribution is 5.97. The minimum Gasteiger partial charge on any atom is -0.490 e. The number of aromatic nitrogens is 3. The zero-order chi connectivity index (χ0) is 23.1. The summed E-state index contributed by atoms with van der Waals surface area (Å²) < 4.78 is 23.5. The molecule has 0 aliphatic heterocycles. The van der Waals surface area contributed by atoms with Gasteiger partial charge in [0.15, 0.2) is 0 Å². The molecule has 1 amide bonds. The highest BCUT2D eigenvalue weighted by atomic mass is 19.1. The highest BCUT2D eigenvalue weighted by Crippen LogP contribution is 2.27. The topological polar surface area (TPSA) is 90.2 Å². The predicted molar refractivity (Wildman–Crippen MR) is 118 cm³/mol. The van der Waals surface area contributed by atoms with Gasteiger partial charge in [0.2, 0.25) is 0 Å². The third-order valence-corrected chi connectivity index (χ3v) is 5.27. The highest BCUT2D eigenvalue weighted by Gasteiger charge is 2.23. The van der Waals surface area contributed by atoms with Gasteiger partial charge in [-0.05, 0) is 39.3 Å². The van der Waals surface area contributed by atoms with E-state index in [1.165, 1.54) is 10.6 Å². The van der Waals surface area contributed by atoms with Crippen LogP contribution in [0.25, 0.3) is 5.69 Å². The molecule has 0 bridgehead atoms. The van der Waals surface area contributed by atoms with E-state index in [9.17, 15) is 9.59 Å². The number of hydrogen-bond acceptors (Lipinski definition) is 5. The van der Waals surface area contributed by atoms with Gasteiger partial charge in [-0.2, -0.15) is 4.68 Å². The molecule has 0 aliphatic carbocycles. The molecule has 2 rings (SSSR count). The van der Waals surface area contributed by atoms with Crippen molar-refractivity contribution in [3.8, 4) is 11.4 Å². The first kappa shape index (κ1) is 24.6. The van der Waals surface area contributed by atoms with Crippen molar-refractivity contribution < 1.29 is 13.9 Å². The number of hydrogen-bond donors (Lipinski definition) is 2. The van der Waals surface area contributed by atoms with Gasteiger partial charge in [0, 0.05) is 19.2 Å². The third-order valence-electron chi connectivity index (χ3n) is 5.27. The zero-order valence-electron chi connectivity index (χ0n) is 19.3. The molecule has 0 spiro atoms. The van der Waals surface area contributed by atoms with Crippen LogP contribution in [0.3, 0.4) is 0 Å². The summed E-state index contributed by atoms with van der Waals surface area (Å²) in [6.07, 6.45) is 3.03. The van der Waals surface area contributed by atoms with Gasteiger partial charge < -0.3 is 15.4 Å². The van der Waals surface area contributed by atoms with Crippen LogP contribution in [-0.2, 0) is 13.6 Å². The Morgan fingerprint density at radius 2 is 1.94 bits per heavy atom. The molecule has 8 nitrogen and oxygen atoms in total. The van der Waals surface area contributed by atoms with Crippen molar-refractivity contribution in [2.75, 3.05) is 7.05 Å².